The highest BCUT2D eigenvalue weighted by Crippen LogP contribution is 2.20. The molecule has 0 unspecified atom stereocenters. The Morgan fingerprint density at radius 2 is 1.83 bits per heavy atom. The summed E-state index contributed by atoms with van der Waals surface area (Å²) < 4.78 is 55.1. The highest BCUT2D eigenvalue weighted by molar-refractivity contribution is 7.89. The van der Waals surface area contributed by atoms with Crippen molar-refractivity contribution in [3.8, 4) is 5.75 Å². The van der Waals surface area contributed by atoms with Crippen molar-refractivity contribution in [1.29, 1.82) is 0 Å². The van der Waals surface area contributed by atoms with Gasteiger partial charge in [-0.1, -0.05) is 29.8 Å². The number of aryl methyl sites for hydroxylation is 1. The number of alkyl halides is 2. The number of nitrogens with one attached hydrogen (secondary N) is 1. The first-order chi connectivity index (χ1) is 10.8. The summed E-state index contributed by atoms with van der Waals surface area (Å²) in [7, 11) is -3.71. The monoisotopic (exact) mass is 361 g/mol. The zero-order chi connectivity index (χ0) is 17.0. The number of hydrogen-bond donors (Lipinski definition) is 1. The predicted molar refractivity (Wildman–Crippen MR) is 83.3 cm³/mol. The lowest BCUT2D eigenvalue weighted by atomic mass is 10.2. The molecule has 0 amide bonds. The third-order valence-electron chi connectivity index (χ3n) is 3.07. The zero-order valence-electron chi connectivity index (χ0n) is 12.1. The van der Waals surface area contributed by atoms with Gasteiger partial charge in [0.25, 0.3) is 0 Å². The van der Waals surface area contributed by atoms with Gasteiger partial charge in [0.1, 0.15) is 5.75 Å². The quantitative estimate of drug-likeness (QED) is 0.853. The highest BCUT2D eigenvalue weighted by Gasteiger charge is 2.15. The molecule has 0 aliphatic heterocycles. The molecule has 0 fully saturated rings. The molecule has 2 aromatic rings. The van der Waals surface area contributed by atoms with Crippen LogP contribution in [0.25, 0.3) is 0 Å². The summed E-state index contributed by atoms with van der Waals surface area (Å²) in [5.74, 6) is 0.0110. The Morgan fingerprint density at radius 1 is 1.17 bits per heavy atom. The van der Waals surface area contributed by atoms with Gasteiger partial charge in [0.2, 0.25) is 10.0 Å². The summed E-state index contributed by atoms with van der Waals surface area (Å²) >= 11 is 5.93. The van der Waals surface area contributed by atoms with E-state index in [1.165, 1.54) is 36.4 Å². The van der Waals surface area contributed by atoms with E-state index in [0.29, 0.717) is 10.6 Å². The number of sulfonamides is 1. The summed E-state index contributed by atoms with van der Waals surface area (Å²) in [6, 6.07) is 10.1. The van der Waals surface area contributed by atoms with E-state index in [4.69, 9.17) is 11.6 Å². The van der Waals surface area contributed by atoms with Crippen molar-refractivity contribution in [3.63, 3.8) is 0 Å². The van der Waals surface area contributed by atoms with Crippen molar-refractivity contribution in [3.05, 3.63) is 58.6 Å². The summed E-state index contributed by atoms with van der Waals surface area (Å²) in [6.07, 6.45) is 0. The van der Waals surface area contributed by atoms with Gasteiger partial charge in [-0.3, -0.25) is 0 Å². The Labute approximate surface area is 138 Å². The third kappa shape index (κ3) is 4.89. The fourth-order valence-electron chi connectivity index (χ4n) is 1.79. The summed E-state index contributed by atoms with van der Waals surface area (Å²) in [5, 5.41) is 0.362. The Hall–Kier alpha value is -1.70. The molecule has 124 valence electrons. The first-order valence-electron chi connectivity index (χ1n) is 6.57. The van der Waals surface area contributed by atoms with Crippen LogP contribution in [0, 0.1) is 6.92 Å². The van der Waals surface area contributed by atoms with Crippen molar-refractivity contribution in [1.82, 2.24) is 4.72 Å². The molecule has 0 radical (unpaired) electrons. The number of halogens is 3. The van der Waals surface area contributed by atoms with Crippen LogP contribution in [0.15, 0.2) is 47.4 Å². The van der Waals surface area contributed by atoms with Gasteiger partial charge in [-0.05, 0) is 42.3 Å². The van der Waals surface area contributed by atoms with Crippen LogP contribution in [0.2, 0.25) is 5.02 Å². The first kappa shape index (κ1) is 17.7. The molecule has 0 aliphatic carbocycles. The lowest BCUT2D eigenvalue weighted by Crippen LogP contribution is -2.23. The summed E-state index contributed by atoms with van der Waals surface area (Å²) in [4.78, 5) is 0.0609. The molecule has 1 N–H and O–H groups in total. The Balaban J connectivity index is 2.05. The lowest BCUT2D eigenvalue weighted by molar-refractivity contribution is -0.0498. The van der Waals surface area contributed by atoms with Gasteiger partial charge in [-0.15, -0.1) is 0 Å². The largest absolute Gasteiger partial charge is 0.435 e. The second-order valence-corrected chi connectivity index (χ2v) is 6.93. The second kappa shape index (κ2) is 7.25. The van der Waals surface area contributed by atoms with Crippen LogP contribution < -0.4 is 9.46 Å². The maximum absolute atomic E-state index is 12.2. The van der Waals surface area contributed by atoms with Crippen molar-refractivity contribution in [2.24, 2.45) is 0 Å². The van der Waals surface area contributed by atoms with Gasteiger partial charge in [-0.25, -0.2) is 13.1 Å². The molecule has 0 saturated heterocycles. The van der Waals surface area contributed by atoms with E-state index in [2.05, 4.69) is 9.46 Å². The fourth-order valence-corrected chi connectivity index (χ4v) is 3.08. The van der Waals surface area contributed by atoms with E-state index in [1.54, 1.807) is 13.0 Å². The maximum Gasteiger partial charge on any atom is 0.387 e. The minimum absolute atomic E-state index is 0.0110. The van der Waals surface area contributed by atoms with Crippen molar-refractivity contribution in [2.45, 2.75) is 25.0 Å². The summed E-state index contributed by atoms with van der Waals surface area (Å²) in [5.41, 5.74) is 1.38. The van der Waals surface area contributed by atoms with E-state index < -0.39 is 16.6 Å². The van der Waals surface area contributed by atoms with Crippen molar-refractivity contribution >= 4 is 21.6 Å². The van der Waals surface area contributed by atoms with Crippen LogP contribution in [0.5, 0.6) is 5.75 Å². The fraction of sp³-hybridized carbons (Fsp3) is 0.200. The molecule has 0 aromatic heterocycles. The third-order valence-corrected chi connectivity index (χ3v) is 4.87. The molecule has 0 heterocycles. The van der Waals surface area contributed by atoms with Crippen LogP contribution in [0.4, 0.5) is 8.78 Å². The van der Waals surface area contributed by atoms with Gasteiger partial charge >= 0.3 is 6.61 Å². The Kier molecular flexibility index (Phi) is 5.56. The molecule has 0 atom stereocenters. The molecular formula is C15H14ClF2NO3S. The first-order valence-corrected chi connectivity index (χ1v) is 8.43. The van der Waals surface area contributed by atoms with Crippen LogP contribution >= 0.6 is 11.6 Å². The maximum atomic E-state index is 12.2. The van der Waals surface area contributed by atoms with E-state index in [0.717, 1.165) is 5.56 Å². The number of hydrogen-bond acceptors (Lipinski definition) is 3. The molecule has 8 heteroatoms. The molecule has 4 nitrogen and oxygen atoms in total. The standard InChI is InChI=1S/C15H14ClF2NO3S/c1-10-2-7-13(8-14(10)16)23(20,21)19-9-11-3-5-12(6-4-11)22-15(17)18/h2-8,15,19H,9H2,1H3. The molecular weight excluding hydrogens is 348 g/mol. The average Bonchev–Trinajstić information content (AvgIpc) is 2.49. The van der Waals surface area contributed by atoms with E-state index in [1.807, 2.05) is 0 Å². The molecule has 0 spiro atoms. The summed E-state index contributed by atoms with van der Waals surface area (Å²) in [6.45, 7) is -1.11. The topological polar surface area (TPSA) is 55.4 Å². The van der Waals surface area contributed by atoms with Crippen LogP contribution in [-0.2, 0) is 16.6 Å². The van der Waals surface area contributed by atoms with Crippen molar-refractivity contribution in [2.75, 3.05) is 0 Å². The van der Waals surface area contributed by atoms with E-state index >= 15 is 0 Å². The van der Waals surface area contributed by atoms with Gasteiger partial charge in [0.15, 0.2) is 0 Å². The number of rotatable bonds is 6. The molecule has 0 aliphatic rings. The number of ether oxygens (including phenoxy) is 1. The van der Waals surface area contributed by atoms with Crippen molar-refractivity contribution < 1.29 is 21.9 Å². The van der Waals surface area contributed by atoms with Gasteiger partial charge in [0.05, 0.1) is 4.90 Å². The molecule has 2 rings (SSSR count). The SMILES string of the molecule is Cc1ccc(S(=O)(=O)NCc2ccc(OC(F)F)cc2)cc1Cl. The average molecular weight is 362 g/mol. The Bertz CT molecular complexity index is 780. The van der Waals surface area contributed by atoms with Gasteiger partial charge in [0, 0.05) is 11.6 Å². The molecule has 0 saturated carbocycles. The van der Waals surface area contributed by atoms with Crippen LogP contribution in [0.1, 0.15) is 11.1 Å². The van der Waals surface area contributed by atoms with E-state index in [-0.39, 0.29) is 17.2 Å². The number of benzene rings is 2. The van der Waals surface area contributed by atoms with E-state index in [9.17, 15) is 17.2 Å². The molecule has 0 bridgehead atoms. The van der Waals surface area contributed by atoms with Gasteiger partial charge < -0.3 is 4.74 Å². The smallest absolute Gasteiger partial charge is 0.387 e. The van der Waals surface area contributed by atoms with Crippen LogP contribution in [0.3, 0.4) is 0 Å². The Morgan fingerprint density at radius 3 is 2.39 bits per heavy atom. The zero-order valence-corrected chi connectivity index (χ0v) is 13.7. The minimum atomic E-state index is -3.71. The lowest BCUT2D eigenvalue weighted by Gasteiger charge is -2.09. The predicted octanol–water partition coefficient (Wildman–Crippen LogP) is 3.73. The highest BCUT2D eigenvalue weighted by atomic mass is 35.5. The van der Waals surface area contributed by atoms with Gasteiger partial charge in [-0.2, -0.15) is 8.78 Å². The minimum Gasteiger partial charge on any atom is -0.435 e. The second-order valence-electron chi connectivity index (χ2n) is 4.76. The molecule has 23 heavy (non-hydrogen) atoms. The normalized spacial score (nSPS) is 11.7. The van der Waals surface area contributed by atoms with Crippen LogP contribution in [-0.4, -0.2) is 15.0 Å². The molecule has 2 aromatic carbocycles.